The molecule has 0 bridgehead atoms. The van der Waals surface area contributed by atoms with Crippen LogP contribution in [0.15, 0.2) is 69.1 Å². The van der Waals surface area contributed by atoms with Crippen molar-refractivity contribution in [2.75, 3.05) is 78.8 Å². The van der Waals surface area contributed by atoms with Crippen LogP contribution in [-0.4, -0.2) is 107 Å². The number of hydrogen-bond donors (Lipinski definition) is 2. The first-order valence-electron chi connectivity index (χ1n) is 22.1. The lowest BCUT2D eigenvalue weighted by molar-refractivity contribution is -0.138. The second kappa shape index (κ2) is 21.3. The molecule has 0 aliphatic carbocycles. The topological polar surface area (TPSA) is 148 Å². The van der Waals surface area contributed by atoms with Gasteiger partial charge in [0.05, 0.1) is 51.8 Å². The van der Waals surface area contributed by atoms with Crippen molar-refractivity contribution >= 4 is 61.6 Å². The average Bonchev–Trinajstić information content (AvgIpc) is 4.15. The highest BCUT2D eigenvalue weighted by Gasteiger charge is 2.39. The van der Waals surface area contributed by atoms with Crippen LogP contribution in [0.1, 0.15) is 36.4 Å². The third-order valence-electron chi connectivity index (χ3n) is 11.9. The fourth-order valence-electron chi connectivity index (χ4n) is 8.36. The van der Waals surface area contributed by atoms with E-state index in [0.29, 0.717) is 62.2 Å². The van der Waals surface area contributed by atoms with Crippen LogP contribution in [0.5, 0.6) is 0 Å². The van der Waals surface area contributed by atoms with E-state index in [0.717, 1.165) is 28.5 Å². The van der Waals surface area contributed by atoms with Crippen LogP contribution in [-0.2, 0) is 35.9 Å². The normalized spacial score (nSPS) is 18.3. The van der Waals surface area contributed by atoms with Crippen molar-refractivity contribution in [2.45, 2.75) is 64.3 Å². The highest BCUT2D eigenvalue weighted by Crippen LogP contribution is 2.39. The Labute approximate surface area is 412 Å². The van der Waals surface area contributed by atoms with E-state index < -0.39 is 29.0 Å². The van der Waals surface area contributed by atoms with E-state index in [1.54, 1.807) is 51.3 Å². The zero-order valence-corrected chi connectivity index (χ0v) is 41.8. The first-order chi connectivity index (χ1) is 33.1. The summed E-state index contributed by atoms with van der Waals surface area (Å²) in [5, 5.41) is 12.0. The fourth-order valence-corrected chi connectivity index (χ4v) is 9.95. The van der Waals surface area contributed by atoms with Crippen LogP contribution in [0.2, 0.25) is 5.02 Å². The van der Waals surface area contributed by atoms with Crippen LogP contribution in [0.25, 0.3) is 22.8 Å². The zero-order valence-electron chi connectivity index (χ0n) is 39.4. The average molecular weight is 1040 g/mol. The Morgan fingerprint density at radius 3 is 1.59 bits per heavy atom. The molecule has 24 heteroatoms. The molecule has 6 heterocycles. The van der Waals surface area contributed by atoms with Gasteiger partial charge in [-0.1, -0.05) is 11.6 Å². The second-order valence-electron chi connectivity index (χ2n) is 16.8. The summed E-state index contributed by atoms with van der Waals surface area (Å²) in [5.74, 6) is 0.141. The third-order valence-corrected chi connectivity index (χ3v) is 13.9. The molecule has 2 aliphatic heterocycles. The predicted molar refractivity (Wildman–Crippen MR) is 263 cm³/mol. The van der Waals surface area contributed by atoms with Gasteiger partial charge in [-0.2, -0.15) is 26.3 Å². The summed E-state index contributed by atoms with van der Waals surface area (Å²) in [7, 11) is 6.29. The number of ether oxygens (including phenoxy) is 2. The number of rotatable bonds is 13. The number of nitrogens with zero attached hydrogens (tertiary/aromatic N) is 9. The number of alkyl halides is 6. The van der Waals surface area contributed by atoms with Gasteiger partial charge in [0.15, 0.2) is 10.3 Å². The van der Waals surface area contributed by atoms with Gasteiger partial charge < -0.3 is 34.8 Å². The fraction of sp³-hybridized carbons (Fsp3) is 0.435. The number of benzene rings is 2. The molecule has 0 saturated carbocycles. The van der Waals surface area contributed by atoms with Crippen molar-refractivity contribution in [3.05, 3.63) is 108 Å². The molecule has 8 rings (SSSR count). The molecule has 2 aliphatic rings. The number of hydrogen-bond acceptors (Lipinski definition) is 15. The molecule has 376 valence electrons. The van der Waals surface area contributed by atoms with Crippen LogP contribution in [0.4, 0.5) is 53.7 Å². The Morgan fingerprint density at radius 2 is 1.19 bits per heavy atom. The highest BCUT2D eigenvalue weighted by atomic mass is 35.5. The number of aromatic nitrogens is 6. The van der Waals surface area contributed by atoms with Gasteiger partial charge in [0.25, 0.3) is 11.1 Å². The van der Waals surface area contributed by atoms with Gasteiger partial charge in [0.2, 0.25) is 0 Å². The van der Waals surface area contributed by atoms with Gasteiger partial charge in [-0.25, -0.2) is 19.9 Å². The van der Waals surface area contributed by atoms with E-state index in [1.165, 1.54) is 58.0 Å². The lowest BCUT2D eigenvalue weighted by atomic mass is 10.0. The standard InChI is InChI=1S/C24H29F3N6O2S.C22H23ClF3N5O2S/c1-6-35-19-13-33(23-28-9-10-36-23)12-18(19)30-20-14(2)29-21(32(5)22(20)34)16-8-7-15(31(3)4)11-17(16)24(25,26)27;1-4-33-17-11-31(21-27-7-8-34-21)10-16(17)29-18-12(2)28-19(30(3)20(18)32)14-6-5-13(9-15(14)23)22(24,25)26/h7-11,18-19,30H,6,12-13H2,1-5H3;5-9,16-17,29H,4,10-11H2,1-3H3/t18-,19+;16-,17+/m11/s1. The molecule has 4 atom stereocenters. The van der Waals surface area contributed by atoms with Gasteiger partial charge in [-0.3, -0.25) is 18.7 Å². The maximum Gasteiger partial charge on any atom is 0.417 e. The third kappa shape index (κ3) is 11.2. The lowest BCUT2D eigenvalue weighted by Gasteiger charge is -2.23. The summed E-state index contributed by atoms with van der Waals surface area (Å²) in [4.78, 5) is 50.1. The largest absolute Gasteiger partial charge is 0.417 e. The highest BCUT2D eigenvalue weighted by molar-refractivity contribution is 7.13. The Bertz CT molecular complexity index is 2900. The number of aryl methyl sites for hydroxylation is 2. The van der Waals surface area contributed by atoms with Crippen molar-refractivity contribution < 1.29 is 35.8 Å². The van der Waals surface area contributed by atoms with Gasteiger partial charge in [0, 0.05) is 108 Å². The van der Waals surface area contributed by atoms with E-state index in [-0.39, 0.29) is 63.3 Å². The quantitative estimate of drug-likeness (QED) is 0.107. The zero-order chi connectivity index (χ0) is 50.8. The molecular weight excluding hydrogens is 984 g/mol. The van der Waals surface area contributed by atoms with Gasteiger partial charge in [-0.15, -0.1) is 22.7 Å². The number of nitrogens with one attached hydrogen (secondary N) is 2. The summed E-state index contributed by atoms with van der Waals surface area (Å²) in [6.07, 6.45) is -6.02. The molecule has 2 saturated heterocycles. The molecule has 70 heavy (non-hydrogen) atoms. The summed E-state index contributed by atoms with van der Waals surface area (Å²) in [6.45, 7) is 10.5. The monoisotopic (exact) mass is 1040 g/mol. The molecule has 4 aromatic heterocycles. The Balaban J connectivity index is 0.000000207. The Hall–Kier alpha value is -5.75. The maximum atomic E-state index is 14.0. The summed E-state index contributed by atoms with van der Waals surface area (Å²) in [5.41, 5.74) is -0.738. The second-order valence-corrected chi connectivity index (χ2v) is 18.9. The van der Waals surface area contributed by atoms with Gasteiger partial charge in [-0.05, 0) is 64.1 Å². The van der Waals surface area contributed by atoms with E-state index in [1.807, 2.05) is 24.6 Å². The molecule has 2 aromatic carbocycles. The van der Waals surface area contributed by atoms with Gasteiger partial charge in [0.1, 0.15) is 23.0 Å². The SMILES string of the molecule is CCO[C@H]1CN(c2nccs2)C[C@H]1Nc1c(C)nc(-c2ccc(C(F)(F)F)cc2Cl)n(C)c1=O.CCO[C@H]1CN(c2nccs2)C[C@H]1Nc1c(C)nc(-c2ccc(N(C)C)cc2C(F)(F)F)n(C)c1=O. The molecule has 0 unspecified atom stereocenters. The smallest absolute Gasteiger partial charge is 0.378 e. The van der Waals surface area contributed by atoms with E-state index in [4.69, 9.17) is 21.1 Å². The van der Waals surface area contributed by atoms with E-state index in [2.05, 4.69) is 40.4 Å². The minimum absolute atomic E-state index is 0.0436. The van der Waals surface area contributed by atoms with Crippen molar-refractivity contribution in [2.24, 2.45) is 14.1 Å². The van der Waals surface area contributed by atoms with Crippen LogP contribution in [0.3, 0.4) is 0 Å². The van der Waals surface area contributed by atoms with Crippen LogP contribution >= 0.6 is 34.3 Å². The first-order valence-corrected chi connectivity index (χ1v) is 24.2. The maximum absolute atomic E-state index is 14.0. The van der Waals surface area contributed by atoms with Crippen molar-refractivity contribution in [1.82, 2.24) is 29.1 Å². The minimum Gasteiger partial charge on any atom is -0.378 e. The summed E-state index contributed by atoms with van der Waals surface area (Å²) >= 11 is 9.20. The van der Waals surface area contributed by atoms with Crippen molar-refractivity contribution in [3.63, 3.8) is 0 Å². The molecule has 2 fully saturated rings. The molecule has 0 amide bonds. The number of thiazole rings is 2. The van der Waals surface area contributed by atoms with Crippen molar-refractivity contribution in [1.29, 1.82) is 0 Å². The predicted octanol–water partition coefficient (Wildman–Crippen LogP) is 8.59. The number of halogens is 7. The summed E-state index contributed by atoms with van der Waals surface area (Å²) in [6, 6.07) is 6.60. The molecule has 2 N–H and O–H groups in total. The molecular formula is C46H52ClF6N11O4S2. The Morgan fingerprint density at radius 1 is 0.714 bits per heavy atom. The van der Waals surface area contributed by atoms with Gasteiger partial charge >= 0.3 is 12.4 Å². The first kappa shape index (κ1) is 52.1. The molecule has 0 radical (unpaired) electrons. The minimum atomic E-state index is -4.61. The van der Waals surface area contributed by atoms with E-state index in [9.17, 15) is 35.9 Å². The molecule has 0 spiro atoms. The van der Waals surface area contributed by atoms with E-state index >= 15 is 0 Å². The Kier molecular flexibility index (Phi) is 15.9. The summed E-state index contributed by atoms with van der Waals surface area (Å²) < 4.78 is 95.2. The lowest BCUT2D eigenvalue weighted by Crippen LogP contribution is -2.38. The molecule has 6 aromatic rings. The van der Waals surface area contributed by atoms with Crippen molar-refractivity contribution in [3.8, 4) is 22.8 Å². The number of anilines is 5. The van der Waals surface area contributed by atoms with Crippen LogP contribution < -0.4 is 36.5 Å². The van der Waals surface area contributed by atoms with Crippen LogP contribution in [0, 0.1) is 13.8 Å². The molecule has 15 nitrogen and oxygen atoms in total.